The summed E-state index contributed by atoms with van der Waals surface area (Å²) in [6, 6.07) is 1.53. The second-order valence-corrected chi connectivity index (χ2v) is 7.78. The Hall–Kier alpha value is -2.32. The number of halogens is 3. The van der Waals surface area contributed by atoms with Gasteiger partial charge >= 0.3 is 6.18 Å². The predicted octanol–water partition coefficient (Wildman–Crippen LogP) is 2.51. The van der Waals surface area contributed by atoms with Crippen molar-refractivity contribution in [3.63, 3.8) is 0 Å². The predicted molar refractivity (Wildman–Crippen MR) is 100 cm³/mol. The van der Waals surface area contributed by atoms with Crippen LogP contribution in [0.5, 0.6) is 0 Å². The first-order valence-corrected chi connectivity index (χ1v) is 10.1. The number of carbonyl (C=O) groups excluding carboxylic acids is 2. The Bertz CT molecular complexity index is 790. The molecule has 0 atom stereocenters. The lowest BCUT2D eigenvalue weighted by atomic mass is 9.95. The van der Waals surface area contributed by atoms with E-state index in [1.54, 1.807) is 0 Å². The Balaban J connectivity index is 1.56. The fourth-order valence-electron chi connectivity index (χ4n) is 3.99. The summed E-state index contributed by atoms with van der Waals surface area (Å²) in [5.74, 6) is -0.381. The highest BCUT2D eigenvalue weighted by molar-refractivity contribution is 5.80. The van der Waals surface area contributed by atoms with E-state index >= 15 is 0 Å². The average molecular weight is 413 g/mol. The molecule has 2 saturated heterocycles. The van der Waals surface area contributed by atoms with Crippen LogP contribution in [0.2, 0.25) is 0 Å². The molecule has 0 N–H and O–H groups in total. The molecule has 0 aliphatic carbocycles. The lowest BCUT2D eigenvalue weighted by Crippen LogP contribution is -2.46. The summed E-state index contributed by atoms with van der Waals surface area (Å²) in [5.41, 5.74) is -1.62. The number of alkyl halides is 3. The summed E-state index contributed by atoms with van der Waals surface area (Å²) >= 11 is 0. The molecule has 3 rings (SSSR count). The topological polar surface area (TPSA) is 62.6 Å². The quantitative estimate of drug-likeness (QED) is 0.765. The standard InChI is InChI=1S/C20H26F3N3O3/c21-20(22,23)16-5-6-17(27)26(13-16)14-18(28)24-11-7-15(8-12-24)19(29)25-9-3-1-2-4-10-25/h5-6,13,15H,1-4,7-12,14H2. The molecular weight excluding hydrogens is 387 g/mol. The minimum Gasteiger partial charge on any atom is -0.342 e. The molecule has 0 aromatic carbocycles. The molecule has 160 valence electrons. The monoisotopic (exact) mass is 413 g/mol. The summed E-state index contributed by atoms with van der Waals surface area (Å²) in [6.07, 6.45) is 1.51. The van der Waals surface area contributed by atoms with E-state index in [1.165, 1.54) is 4.90 Å². The molecule has 0 spiro atoms. The molecule has 0 saturated carbocycles. The molecule has 0 radical (unpaired) electrons. The smallest absolute Gasteiger partial charge is 0.342 e. The number of likely N-dealkylation sites (tertiary alicyclic amines) is 2. The van der Waals surface area contributed by atoms with E-state index in [2.05, 4.69) is 0 Å². The van der Waals surface area contributed by atoms with Gasteiger partial charge in [0.1, 0.15) is 6.54 Å². The van der Waals surface area contributed by atoms with Crippen molar-refractivity contribution >= 4 is 11.8 Å². The number of pyridine rings is 1. The normalized spacial score (nSPS) is 19.1. The molecular formula is C20H26F3N3O3. The summed E-state index contributed by atoms with van der Waals surface area (Å²) in [6.45, 7) is 1.88. The van der Waals surface area contributed by atoms with Crippen molar-refractivity contribution < 1.29 is 22.8 Å². The Kier molecular flexibility index (Phi) is 6.64. The minimum atomic E-state index is -4.58. The van der Waals surface area contributed by atoms with Crippen LogP contribution in [-0.2, 0) is 22.3 Å². The second kappa shape index (κ2) is 9.00. The third kappa shape index (κ3) is 5.39. The van der Waals surface area contributed by atoms with Crippen molar-refractivity contribution in [2.75, 3.05) is 26.2 Å². The largest absolute Gasteiger partial charge is 0.417 e. The summed E-state index contributed by atoms with van der Waals surface area (Å²) < 4.78 is 39.3. The zero-order valence-corrected chi connectivity index (χ0v) is 16.3. The Morgan fingerprint density at radius 3 is 2.14 bits per heavy atom. The molecule has 2 amide bonds. The molecule has 0 unspecified atom stereocenters. The van der Waals surface area contributed by atoms with Gasteiger partial charge in [-0.05, 0) is 31.7 Å². The van der Waals surface area contributed by atoms with E-state index in [0.29, 0.717) is 38.2 Å². The van der Waals surface area contributed by atoms with Crippen LogP contribution in [0.25, 0.3) is 0 Å². The van der Waals surface area contributed by atoms with Crippen molar-refractivity contribution in [3.05, 3.63) is 34.2 Å². The van der Waals surface area contributed by atoms with E-state index in [4.69, 9.17) is 0 Å². The third-order valence-electron chi connectivity index (χ3n) is 5.73. The van der Waals surface area contributed by atoms with E-state index in [9.17, 15) is 27.6 Å². The van der Waals surface area contributed by atoms with Crippen LogP contribution in [0.15, 0.2) is 23.1 Å². The summed E-state index contributed by atoms with van der Waals surface area (Å²) in [4.78, 5) is 40.5. The maximum Gasteiger partial charge on any atom is 0.417 e. The maximum atomic E-state index is 12.8. The highest BCUT2D eigenvalue weighted by Crippen LogP contribution is 2.28. The van der Waals surface area contributed by atoms with Crippen molar-refractivity contribution in [2.24, 2.45) is 5.92 Å². The molecule has 2 aliphatic heterocycles. The van der Waals surface area contributed by atoms with E-state index in [0.717, 1.165) is 49.4 Å². The molecule has 3 heterocycles. The first-order chi connectivity index (χ1) is 13.8. The lowest BCUT2D eigenvalue weighted by molar-refractivity contribution is -0.141. The maximum absolute atomic E-state index is 12.8. The Labute approximate surface area is 167 Å². The molecule has 1 aromatic rings. The first kappa shape index (κ1) is 21.4. The molecule has 0 bridgehead atoms. The zero-order chi connectivity index (χ0) is 21.0. The van der Waals surface area contributed by atoms with Crippen LogP contribution in [0.4, 0.5) is 13.2 Å². The average Bonchev–Trinajstić information content (AvgIpc) is 2.98. The van der Waals surface area contributed by atoms with Crippen molar-refractivity contribution in [2.45, 2.75) is 51.2 Å². The number of amides is 2. The van der Waals surface area contributed by atoms with Gasteiger partial charge < -0.3 is 14.4 Å². The van der Waals surface area contributed by atoms with Gasteiger partial charge in [-0.15, -0.1) is 0 Å². The highest BCUT2D eigenvalue weighted by Gasteiger charge is 2.32. The van der Waals surface area contributed by atoms with Gasteiger partial charge in [-0.25, -0.2) is 0 Å². The number of carbonyl (C=O) groups is 2. The van der Waals surface area contributed by atoms with Crippen LogP contribution in [0.1, 0.15) is 44.1 Å². The van der Waals surface area contributed by atoms with E-state index < -0.39 is 29.8 Å². The molecule has 2 aliphatic rings. The lowest BCUT2D eigenvalue weighted by Gasteiger charge is -2.34. The Morgan fingerprint density at radius 1 is 0.931 bits per heavy atom. The summed E-state index contributed by atoms with van der Waals surface area (Å²) in [5, 5.41) is 0. The van der Waals surface area contributed by atoms with Crippen LogP contribution in [0.3, 0.4) is 0 Å². The van der Waals surface area contributed by atoms with Crippen LogP contribution in [0, 0.1) is 5.92 Å². The SMILES string of the molecule is O=C(Cn1cc(C(F)(F)F)ccc1=O)N1CCC(C(=O)N2CCCCCC2)CC1. The second-order valence-electron chi connectivity index (χ2n) is 7.78. The molecule has 2 fully saturated rings. The van der Waals surface area contributed by atoms with E-state index in [1.807, 2.05) is 4.90 Å². The van der Waals surface area contributed by atoms with Gasteiger partial charge in [-0.2, -0.15) is 13.2 Å². The van der Waals surface area contributed by atoms with Crippen molar-refractivity contribution in [3.8, 4) is 0 Å². The van der Waals surface area contributed by atoms with Gasteiger partial charge in [-0.1, -0.05) is 12.8 Å². The van der Waals surface area contributed by atoms with Gasteiger partial charge in [0.25, 0.3) is 5.56 Å². The number of hydrogen-bond acceptors (Lipinski definition) is 3. The van der Waals surface area contributed by atoms with Gasteiger partial charge in [-0.3, -0.25) is 14.4 Å². The molecule has 9 heteroatoms. The fraction of sp³-hybridized carbons (Fsp3) is 0.650. The van der Waals surface area contributed by atoms with Gasteiger partial charge in [0.2, 0.25) is 11.8 Å². The van der Waals surface area contributed by atoms with Gasteiger partial charge in [0.05, 0.1) is 5.56 Å². The highest BCUT2D eigenvalue weighted by atomic mass is 19.4. The molecule has 1 aromatic heterocycles. The fourth-order valence-corrected chi connectivity index (χ4v) is 3.99. The summed E-state index contributed by atoms with van der Waals surface area (Å²) in [7, 11) is 0. The van der Waals surface area contributed by atoms with Crippen LogP contribution >= 0.6 is 0 Å². The van der Waals surface area contributed by atoms with Crippen molar-refractivity contribution in [1.82, 2.24) is 14.4 Å². The number of rotatable bonds is 3. The van der Waals surface area contributed by atoms with Gasteiger partial charge in [0, 0.05) is 44.4 Å². The first-order valence-electron chi connectivity index (χ1n) is 10.1. The number of nitrogens with zero attached hydrogens (tertiary/aromatic N) is 3. The molecule has 6 nitrogen and oxygen atoms in total. The molecule has 29 heavy (non-hydrogen) atoms. The van der Waals surface area contributed by atoms with Crippen molar-refractivity contribution in [1.29, 1.82) is 0 Å². The zero-order valence-electron chi connectivity index (χ0n) is 16.3. The Morgan fingerprint density at radius 2 is 1.55 bits per heavy atom. The van der Waals surface area contributed by atoms with Crippen LogP contribution in [-0.4, -0.2) is 52.4 Å². The number of aromatic nitrogens is 1. The van der Waals surface area contributed by atoms with E-state index in [-0.39, 0.29) is 11.8 Å². The number of hydrogen-bond donors (Lipinski definition) is 0. The van der Waals surface area contributed by atoms with Crippen LogP contribution < -0.4 is 5.56 Å². The number of piperidine rings is 1. The third-order valence-corrected chi connectivity index (χ3v) is 5.73. The van der Waals surface area contributed by atoms with Gasteiger partial charge in [0.15, 0.2) is 0 Å². The minimum absolute atomic E-state index is 0.117.